The summed E-state index contributed by atoms with van der Waals surface area (Å²) in [4.78, 5) is 19.9. The SMILES string of the molecule is Cc1sc(N2CCNCC2)nc1-c1ccc2c(c1)CC(=O)N2. The van der Waals surface area contributed by atoms with Gasteiger partial charge in [-0.3, -0.25) is 4.79 Å². The summed E-state index contributed by atoms with van der Waals surface area (Å²) in [6.07, 6.45) is 0.469. The molecule has 5 nitrogen and oxygen atoms in total. The van der Waals surface area contributed by atoms with Crippen LogP contribution in [0.25, 0.3) is 11.3 Å². The highest BCUT2D eigenvalue weighted by molar-refractivity contribution is 7.16. The van der Waals surface area contributed by atoms with Gasteiger partial charge in [0.1, 0.15) is 0 Å². The summed E-state index contributed by atoms with van der Waals surface area (Å²) in [5, 5.41) is 7.34. The molecule has 0 radical (unpaired) electrons. The zero-order valence-corrected chi connectivity index (χ0v) is 13.3. The normalized spacial score (nSPS) is 17.5. The van der Waals surface area contributed by atoms with Crippen LogP contribution in [0.5, 0.6) is 0 Å². The van der Waals surface area contributed by atoms with Crippen LogP contribution in [0.2, 0.25) is 0 Å². The molecule has 0 unspecified atom stereocenters. The highest BCUT2D eigenvalue weighted by Gasteiger charge is 2.21. The maximum Gasteiger partial charge on any atom is 0.228 e. The van der Waals surface area contributed by atoms with E-state index in [1.165, 1.54) is 4.88 Å². The van der Waals surface area contributed by atoms with Gasteiger partial charge in [0.2, 0.25) is 5.91 Å². The molecule has 6 heteroatoms. The Hall–Kier alpha value is -1.92. The summed E-state index contributed by atoms with van der Waals surface area (Å²) in [6, 6.07) is 6.13. The zero-order chi connectivity index (χ0) is 15.1. The van der Waals surface area contributed by atoms with Crippen molar-refractivity contribution < 1.29 is 4.79 Å². The Bertz CT molecular complexity index is 734. The molecule has 4 rings (SSSR count). The number of nitrogens with one attached hydrogen (secondary N) is 2. The van der Waals surface area contributed by atoms with E-state index in [1.807, 2.05) is 12.1 Å². The highest BCUT2D eigenvalue weighted by Crippen LogP contribution is 2.35. The predicted octanol–water partition coefficient (Wildman–Crippen LogP) is 2.02. The van der Waals surface area contributed by atoms with E-state index in [9.17, 15) is 4.79 Å². The third kappa shape index (κ3) is 2.38. The molecule has 0 spiro atoms. The van der Waals surface area contributed by atoms with E-state index in [-0.39, 0.29) is 5.91 Å². The fraction of sp³-hybridized carbons (Fsp3) is 0.375. The summed E-state index contributed by atoms with van der Waals surface area (Å²) in [6.45, 7) is 6.17. The molecule has 1 fully saturated rings. The van der Waals surface area contributed by atoms with Crippen LogP contribution >= 0.6 is 11.3 Å². The van der Waals surface area contributed by atoms with Gasteiger partial charge >= 0.3 is 0 Å². The average molecular weight is 314 g/mol. The third-order valence-corrected chi connectivity index (χ3v) is 5.21. The molecule has 1 amide bonds. The number of rotatable bonds is 2. The lowest BCUT2D eigenvalue weighted by molar-refractivity contribution is -0.115. The number of amides is 1. The average Bonchev–Trinajstić information content (AvgIpc) is 3.09. The fourth-order valence-electron chi connectivity index (χ4n) is 3.02. The number of benzene rings is 1. The van der Waals surface area contributed by atoms with Crippen LogP contribution in [0.15, 0.2) is 18.2 Å². The molecule has 1 saturated heterocycles. The molecule has 2 aliphatic rings. The molecule has 114 valence electrons. The largest absolute Gasteiger partial charge is 0.346 e. The van der Waals surface area contributed by atoms with Crippen LogP contribution in [0.4, 0.5) is 10.8 Å². The summed E-state index contributed by atoms with van der Waals surface area (Å²) in [5.41, 5.74) is 4.15. The summed E-state index contributed by atoms with van der Waals surface area (Å²) < 4.78 is 0. The first-order valence-electron chi connectivity index (χ1n) is 7.57. The summed E-state index contributed by atoms with van der Waals surface area (Å²) in [7, 11) is 0. The van der Waals surface area contributed by atoms with Crippen molar-refractivity contribution in [3.63, 3.8) is 0 Å². The molecule has 0 atom stereocenters. The Morgan fingerprint density at radius 1 is 1.27 bits per heavy atom. The number of thiazole rings is 1. The van der Waals surface area contributed by atoms with Gasteiger partial charge in [0.05, 0.1) is 12.1 Å². The van der Waals surface area contributed by atoms with Crippen molar-refractivity contribution in [2.45, 2.75) is 13.3 Å². The Labute approximate surface area is 133 Å². The number of nitrogens with zero attached hydrogens (tertiary/aromatic N) is 2. The van der Waals surface area contributed by atoms with Crippen LogP contribution < -0.4 is 15.5 Å². The van der Waals surface area contributed by atoms with Gasteiger partial charge in [0.25, 0.3) is 0 Å². The molecule has 2 aliphatic heterocycles. The lowest BCUT2D eigenvalue weighted by atomic mass is 10.1. The number of hydrogen-bond donors (Lipinski definition) is 2. The Morgan fingerprint density at radius 2 is 2.09 bits per heavy atom. The van der Waals surface area contributed by atoms with E-state index < -0.39 is 0 Å². The quantitative estimate of drug-likeness (QED) is 0.890. The number of piperazine rings is 1. The number of carbonyl (C=O) groups excluding carboxylic acids is 1. The van der Waals surface area contributed by atoms with Crippen molar-refractivity contribution >= 4 is 28.1 Å². The maximum absolute atomic E-state index is 11.5. The Kier molecular flexibility index (Phi) is 3.35. The molecule has 2 aromatic rings. The van der Waals surface area contributed by atoms with Gasteiger partial charge in [-0.2, -0.15) is 0 Å². The summed E-state index contributed by atoms with van der Waals surface area (Å²) >= 11 is 1.75. The number of aromatic nitrogens is 1. The van der Waals surface area contributed by atoms with E-state index in [1.54, 1.807) is 11.3 Å². The summed E-state index contributed by atoms with van der Waals surface area (Å²) in [5.74, 6) is 0.0728. The topological polar surface area (TPSA) is 57.3 Å². The van der Waals surface area contributed by atoms with Crippen LogP contribution in [0.1, 0.15) is 10.4 Å². The van der Waals surface area contributed by atoms with Crippen molar-refractivity contribution in [1.82, 2.24) is 10.3 Å². The molecule has 3 heterocycles. The molecule has 22 heavy (non-hydrogen) atoms. The highest BCUT2D eigenvalue weighted by atomic mass is 32.1. The van der Waals surface area contributed by atoms with E-state index in [0.717, 1.165) is 53.8 Å². The molecule has 1 aromatic heterocycles. The lowest BCUT2D eigenvalue weighted by Crippen LogP contribution is -2.43. The molecule has 1 aromatic carbocycles. The number of fused-ring (bicyclic) bond motifs is 1. The van der Waals surface area contributed by atoms with Crippen LogP contribution in [0, 0.1) is 6.92 Å². The molecule has 0 aliphatic carbocycles. The number of carbonyl (C=O) groups is 1. The molecule has 0 saturated carbocycles. The second kappa shape index (κ2) is 5.37. The van der Waals surface area contributed by atoms with Gasteiger partial charge in [-0.05, 0) is 24.6 Å². The van der Waals surface area contributed by atoms with Gasteiger partial charge < -0.3 is 15.5 Å². The minimum absolute atomic E-state index is 0.0728. The van der Waals surface area contributed by atoms with Gasteiger partial charge in [0.15, 0.2) is 5.13 Å². The van der Waals surface area contributed by atoms with E-state index in [2.05, 4.69) is 28.5 Å². The fourth-order valence-corrected chi connectivity index (χ4v) is 4.00. The van der Waals surface area contributed by atoms with Crippen LogP contribution in [0.3, 0.4) is 0 Å². The zero-order valence-electron chi connectivity index (χ0n) is 12.5. The molecular weight excluding hydrogens is 296 g/mol. The van der Waals surface area contributed by atoms with E-state index in [4.69, 9.17) is 4.98 Å². The van der Waals surface area contributed by atoms with Gasteiger partial charge in [-0.25, -0.2) is 4.98 Å². The van der Waals surface area contributed by atoms with Crippen LogP contribution in [-0.2, 0) is 11.2 Å². The first-order chi connectivity index (χ1) is 10.7. The molecule has 0 bridgehead atoms. The molecule has 2 N–H and O–H groups in total. The van der Waals surface area contributed by atoms with Crippen molar-refractivity contribution in [3.05, 3.63) is 28.6 Å². The minimum Gasteiger partial charge on any atom is -0.346 e. The smallest absolute Gasteiger partial charge is 0.228 e. The first-order valence-corrected chi connectivity index (χ1v) is 8.38. The van der Waals surface area contributed by atoms with Gasteiger partial charge in [-0.1, -0.05) is 6.07 Å². The van der Waals surface area contributed by atoms with Crippen molar-refractivity contribution in [3.8, 4) is 11.3 Å². The second-order valence-corrected chi connectivity index (χ2v) is 6.92. The van der Waals surface area contributed by atoms with Crippen LogP contribution in [-0.4, -0.2) is 37.1 Å². The van der Waals surface area contributed by atoms with Crippen molar-refractivity contribution in [1.29, 1.82) is 0 Å². The second-order valence-electron chi connectivity index (χ2n) is 5.74. The van der Waals surface area contributed by atoms with E-state index in [0.29, 0.717) is 6.42 Å². The van der Waals surface area contributed by atoms with E-state index >= 15 is 0 Å². The standard InChI is InChI=1S/C16H18N4OS/c1-10-15(19-16(22-10)20-6-4-17-5-7-20)11-2-3-13-12(8-11)9-14(21)18-13/h2-3,8,17H,4-7,9H2,1H3,(H,18,21). The first kappa shape index (κ1) is 13.7. The number of hydrogen-bond acceptors (Lipinski definition) is 5. The van der Waals surface area contributed by atoms with Crippen molar-refractivity contribution in [2.75, 3.05) is 36.4 Å². The minimum atomic E-state index is 0.0728. The maximum atomic E-state index is 11.5. The van der Waals surface area contributed by atoms with Gasteiger partial charge in [0, 0.05) is 42.3 Å². The number of anilines is 2. The lowest BCUT2D eigenvalue weighted by Gasteiger charge is -2.26. The Balaban J connectivity index is 1.67. The molecular formula is C16H18N4OS. The van der Waals surface area contributed by atoms with Gasteiger partial charge in [-0.15, -0.1) is 11.3 Å². The third-order valence-electron chi connectivity index (χ3n) is 4.18. The predicted molar refractivity (Wildman–Crippen MR) is 89.7 cm³/mol. The van der Waals surface area contributed by atoms with Crippen molar-refractivity contribution in [2.24, 2.45) is 0 Å². The monoisotopic (exact) mass is 314 g/mol. The Morgan fingerprint density at radius 3 is 2.91 bits per heavy atom. The number of aryl methyl sites for hydroxylation is 1.